The van der Waals surface area contributed by atoms with E-state index in [1.807, 2.05) is 131 Å². The first-order chi connectivity index (χ1) is 66.6. The molecule has 0 saturated heterocycles. The number of nitrogens with two attached hydrogens (primary N) is 1. The number of halogens is 4. The summed E-state index contributed by atoms with van der Waals surface area (Å²) >= 11 is 22.0. The molecule has 0 spiro atoms. The number of hydrogen-bond acceptors (Lipinski definition) is 17. The third kappa shape index (κ3) is 48.6. The van der Waals surface area contributed by atoms with E-state index in [0.29, 0.717) is 33.3 Å². The molecule has 26 nitrogen and oxygen atoms in total. The second-order valence-corrected chi connectivity index (χ2v) is 54.8. The number of carbonyl (C=O) groups excluding carboxylic acids is 1. The molecule has 1 unspecified atom stereocenters. The number of aliphatic imine (C=N–C) groups is 3. The minimum Gasteiger partial charge on any atom is -0.452 e. The molecule has 11 N–H and O–H groups in total. The molecule has 3 aliphatic heterocycles. The van der Waals surface area contributed by atoms with E-state index in [2.05, 4.69) is 365 Å². The lowest BCUT2D eigenvalue weighted by molar-refractivity contribution is 0.0995. The molecule has 33 heteroatoms. The SMILES string of the molecule is C.C#Cc1c[nH]c(C(C)(C)C)c1.C#Cc1ccc(C(C)(C)C)o1.C#Cc1cnc(C(C)(C)C)[nH]1.C#Cc1nc(C(C)(C)C)[nH]c1C.CC(C)(C)C1=NC(S(C)(=O)=O)=CC1.CC(C)(C)c1nc(Cl)c(Cl)[nH]1.CC(C)(C)c1nc2ccccc2[nH]1.CC(C)(C)c1ncc(Br)[nH]1.CC(C)(C)c1ncc(C(N)=O)[nH]1.CC(C)(C)c1ncc(Cl)[nH]1.CS(=O)C1=CCC(C(C)(C)C)=N1.CSC1=CCC(C(C)(C)C)=N1.Cc1cnc(C(C)(C)C)[nH]1. The van der Waals surface area contributed by atoms with Crippen LogP contribution in [0.1, 0.15) is 399 Å². The van der Waals surface area contributed by atoms with Gasteiger partial charge < -0.3 is 55.0 Å². The summed E-state index contributed by atoms with van der Waals surface area (Å²) in [4.78, 5) is 85.1. The quantitative estimate of drug-likeness (QED) is 0.0733. The third-order valence-corrected chi connectivity index (χ3v) is 24.6. The molecule has 11 aromatic rings. The second-order valence-electron chi connectivity index (χ2n) is 48.7. The van der Waals surface area contributed by atoms with Gasteiger partial charge in [-0.1, -0.05) is 336 Å². The Morgan fingerprint density at radius 3 is 1.19 bits per heavy atom. The number of rotatable bonds is 4. The van der Waals surface area contributed by atoms with Crippen molar-refractivity contribution in [2.45, 2.75) is 365 Å². The zero-order chi connectivity index (χ0) is 114. The van der Waals surface area contributed by atoms with Crippen LogP contribution in [0.2, 0.25) is 15.5 Å². The Hall–Kier alpha value is -10.5. The summed E-state index contributed by atoms with van der Waals surface area (Å²) in [6, 6.07) is 13.9. The maximum absolute atomic E-state index is 11.1. The molecule has 814 valence electrons. The maximum atomic E-state index is 11.1. The second kappa shape index (κ2) is 56.0. The molecule has 1 amide bonds. The number of nitrogens with one attached hydrogen (secondary N) is 9. The molecule has 1 aromatic carbocycles. The summed E-state index contributed by atoms with van der Waals surface area (Å²) in [7, 11) is -4.04. The van der Waals surface area contributed by atoms with Crippen LogP contribution in [0.15, 0.2) is 137 Å². The molecule has 1 atom stereocenters. The molecule has 0 fully saturated rings. The van der Waals surface area contributed by atoms with Gasteiger partial charge in [0, 0.05) is 154 Å². The number of terminal acetylenes is 4. The Balaban J connectivity index is 0.000000802. The molecular weight excluding hydrogens is 2040 g/mol. The van der Waals surface area contributed by atoms with Crippen molar-refractivity contribution in [2.75, 3.05) is 18.8 Å². The van der Waals surface area contributed by atoms with Crippen LogP contribution in [0.5, 0.6) is 0 Å². The maximum Gasteiger partial charge on any atom is 0.266 e. The standard InChI is InChI=1S/C11H14N2.C10H14N2.C10H13N.C10H12O.C9H12N2.C9H15NO2S.C9H15NOS.C9H15NS.C8H13N3O.C8H14N2.C7H11BrN2.C7H10Cl2N2.C7H11ClN2.CH4/c1-11(2,3)10-12-8-6-4-5-7-9(8)13-10;1-6-8-7(2)11-9(12-8)10(3,4)5;1-5-8-6-9(11-7-8)10(2,3)4;1-5-8-6-7-9(11-8)10(2,3)4;1-5-7-6-10-8(11-7)9(2,3)4;1-9(2,3)7-5-6-8(10-7)13(4,11)12;1-9(2,3)7-5-6-8(10-7)12(4)11;1-9(2,3)7-5-6-8(10-7)11-4;1-8(2,3)7-10-4-5(11-7)6(9)12;1-6-5-9-7(10-6)8(2,3)4;1-7(2,3)6-9-4-5(8)10-6;1-7(2,3)6-10-4(8)5(9)11-6;1-7(2,3)6-9-4-5(8)10-6;/h4-7H,1-3H3,(H,12,13);1H,2-5H3,(H,11,12);1,6-7,11H,2-4H3;1,6-7H,2-4H3;1,6H,2-4H3,(H,10,11);6H,5H2,1-4H3;6H,5H2,1-4H3;6H,5H2,1-4H3;4H,1-3H3,(H2,9,12)(H,10,11);5H,1-4H3,(H,9,10);4H,1-3H3,(H,9,10);1-3H3,(H,10,11);4H,1-3H3,(H,9,10);1H4. The highest BCUT2D eigenvalue weighted by Crippen LogP contribution is 2.34. The lowest BCUT2D eigenvalue weighted by atomic mass is 9.89. The van der Waals surface area contributed by atoms with Crippen LogP contribution in [-0.4, -0.2) is 139 Å². The van der Waals surface area contributed by atoms with Gasteiger partial charge >= 0.3 is 0 Å². The van der Waals surface area contributed by atoms with E-state index < -0.39 is 26.5 Å². The number of carbonyl (C=O) groups is 1. The number of nitrogens with zero attached hydrogens (tertiary/aromatic N) is 11. The Morgan fingerprint density at radius 1 is 0.473 bits per heavy atom. The first-order valence-electron chi connectivity index (χ1n) is 48.5. The molecule has 0 saturated carbocycles. The number of benzene rings is 1. The van der Waals surface area contributed by atoms with Crippen molar-refractivity contribution in [1.82, 2.24) is 84.7 Å². The highest BCUT2D eigenvalue weighted by Gasteiger charge is 2.30. The lowest BCUT2D eigenvalue weighted by Crippen LogP contribution is -2.17. The molecule has 0 bridgehead atoms. The number of para-hydroxylation sites is 2. The largest absolute Gasteiger partial charge is 0.452 e. The van der Waals surface area contributed by atoms with E-state index in [1.165, 1.54) is 28.9 Å². The minimum atomic E-state index is -3.12. The Kier molecular flexibility index (Phi) is 51.3. The zero-order valence-corrected chi connectivity index (χ0v) is 102. The predicted octanol–water partition coefficient (Wildman–Crippen LogP) is 29.6. The molecular formula is C115H173BrCl3N21O5S3. The van der Waals surface area contributed by atoms with E-state index in [1.54, 1.807) is 42.7 Å². The van der Waals surface area contributed by atoms with Crippen LogP contribution in [-0.2, 0) is 74.8 Å². The van der Waals surface area contributed by atoms with Gasteiger partial charge in [-0.3, -0.25) is 14.0 Å². The van der Waals surface area contributed by atoms with E-state index in [9.17, 15) is 17.4 Å². The number of allylic oxidation sites excluding steroid dienone is 3. The van der Waals surface area contributed by atoms with Gasteiger partial charge in [-0.25, -0.2) is 58.3 Å². The number of amides is 1. The van der Waals surface area contributed by atoms with Gasteiger partial charge in [0.2, 0.25) is 0 Å². The number of aromatic nitrogens is 17. The van der Waals surface area contributed by atoms with E-state index in [0.717, 1.165) is 126 Å². The molecule has 148 heavy (non-hydrogen) atoms. The third-order valence-electron chi connectivity index (χ3n) is 20.8. The normalized spacial score (nSPS) is 13.4. The van der Waals surface area contributed by atoms with Gasteiger partial charge in [0.05, 0.1) is 51.6 Å². The van der Waals surface area contributed by atoms with Crippen LogP contribution >= 0.6 is 62.5 Å². The van der Waals surface area contributed by atoms with Gasteiger partial charge in [0.1, 0.15) is 89.4 Å². The van der Waals surface area contributed by atoms with Crippen LogP contribution in [0, 0.1) is 79.5 Å². The molecule has 0 aliphatic carbocycles. The summed E-state index contributed by atoms with van der Waals surface area (Å²) in [5, 5.41) is 3.49. The van der Waals surface area contributed by atoms with E-state index in [-0.39, 0.29) is 82.9 Å². The van der Waals surface area contributed by atoms with Crippen molar-refractivity contribution >= 4 is 117 Å². The first-order valence-corrected chi connectivity index (χ1v) is 55.1. The van der Waals surface area contributed by atoms with Gasteiger partial charge in [-0.15, -0.1) is 37.5 Å². The van der Waals surface area contributed by atoms with Gasteiger partial charge in [-0.2, -0.15) is 0 Å². The molecule has 13 heterocycles. The van der Waals surface area contributed by atoms with Crippen LogP contribution < -0.4 is 5.73 Å². The van der Waals surface area contributed by atoms with Crippen molar-refractivity contribution in [1.29, 1.82) is 0 Å². The number of H-pyrrole nitrogens is 9. The molecule has 10 aromatic heterocycles. The number of imidazole rings is 8. The number of hydrogen-bond donors (Lipinski definition) is 10. The molecule has 14 rings (SSSR count). The summed E-state index contributed by atoms with van der Waals surface area (Å²) in [5.74, 6) is 18.7. The topological polar surface area (TPSA) is 390 Å². The first kappa shape index (κ1) is 135. The number of furan rings is 1. The Morgan fingerprint density at radius 2 is 0.919 bits per heavy atom. The van der Waals surface area contributed by atoms with Crippen LogP contribution in [0.3, 0.4) is 0 Å². The number of sulfone groups is 1. The fourth-order valence-electron chi connectivity index (χ4n) is 11.6. The number of aryl methyl sites for hydroxylation is 2. The number of fused-ring (bicyclic) bond motifs is 1. The number of aromatic amines is 9. The van der Waals surface area contributed by atoms with Crippen molar-refractivity contribution in [2.24, 2.45) is 37.0 Å². The summed E-state index contributed by atoms with van der Waals surface area (Å²) < 4.78 is 39.6. The lowest BCUT2D eigenvalue weighted by Gasteiger charge is -2.17. The van der Waals surface area contributed by atoms with Crippen molar-refractivity contribution in [3.05, 3.63) is 231 Å². The Labute approximate surface area is 917 Å². The average molecular weight is 2210 g/mol. The van der Waals surface area contributed by atoms with Gasteiger partial charge in [0.25, 0.3) is 5.91 Å². The predicted molar refractivity (Wildman–Crippen MR) is 633 cm³/mol. The van der Waals surface area contributed by atoms with Gasteiger partial charge in [-0.05, 0) is 96.4 Å². The average Bonchev–Trinajstić information content (AvgIpc) is 1.62. The van der Waals surface area contributed by atoms with Crippen molar-refractivity contribution < 1.29 is 21.8 Å². The molecule has 0 radical (unpaired) electrons. The number of primary amides is 1. The highest BCUT2D eigenvalue weighted by atomic mass is 79.9. The highest BCUT2D eigenvalue weighted by molar-refractivity contribution is 9.10. The summed E-state index contributed by atoms with van der Waals surface area (Å²) in [6.45, 7) is 86.1. The van der Waals surface area contributed by atoms with Crippen LogP contribution in [0.25, 0.3) is 11.0 Å². The van der Waals surface area contributed by atoms with Crippen molar-refractivity contribution in [3.63, 3.8) is 0 Å². The van der Waals surface area contributed by atoms with E-state index >= 15 is 0 Å². The summed E-state index contributed by atoms with van der Waals surface area (Å²) in [6.07, 6.45) is 44.4. The fourth-order valence-corrected chi connectivity index (χ4v) is 14.0. The smallest absolute Gasteiger partial charge is 0.266 e. The molecule has 3 aliphatic rings. The van der Waals surface area contributed by atoms with Crippen molar-refractivity contribution in [3.8, 4) is 49.4 Å². The van der Waals surface area contributed by atoms with Gasteiger partial charge in [0.15, 0.2) is 25.8 Å². The van der Waals surface area contributed by atoms with E-state index in [4.69, 9.17) is 70.6 Å². The van der Waals surface area contributed by atoms with Crippen LogP contribution in [0.4, 0.5) is 0 Å². The number of thioether (sulfide) groups is 1. The monoisotopic (exact) mass is 2210 g/mol. The fraction of sp³-hybridized carbons (Fsp3) is 0.530. The minimum absolute atomic E-state index is 0. The zero-order valence-electron chi connectivity index (χ0n) is 95.9. The summed E-state index contributed by atoms with van der Waals surface area (Å²) in [5.41, 5.74) is 17.6. The Bertz CT molecular complexity index is 6270.